The number of carbonyl (C=O) groups is 1. The van der Waals surface area contributed by atoms with Crippen molar-refractivity contribution < 1.29 is 9.53 Å². The molecule has 18 heavy (non-hydrogen) atoms. The fourth-order valence-corrected chi connectivity index (χ4v) is 2.44. The molecule has 0 saturated carbocycles. The second-order valence-corrected chi connectivity index (χ2v) is 5.04. The number of piperidine rings is 1. The molecular weight excluding hydrogens is 226 g/mol. The lowest BCUT2D eigenvalue weighted by atomic mass is 10.1. The van der Waals surface area contributed by atoms with E-state index in [1.54, 1.807) is 6.92 Å². The van der Waals surface area contributed by atoms with E-state index in [0.29, 0.717) is 0 Å². The van der Waals surface area contributed by atoms with E-state index in [0.717, 1.165) is 31.7 Å². The first-order valence-electron chi connectivity index (χ1n) is 6.56. The number of ether oxygens (including phenoxy) is 1. The summed E-state index contributed by atoms with van der Waals surface area (Å²) in [5.41, 5.74) is 2.37. The lowest BCUT2D eigenvalue weighted by Gasteiger charge is -2.32. The maximum Gasteiger partial charge on any atom is 0.219 e. The van der Waals surface area contributed by atoms with E-state index in [9.17, 15) is 4.79 Å². The summed E-state index contributed by atoms with van der Waals surface area (Å²) in [6.45, 7) is 7.41. The average Bonchev–Trinajstić information content (AvgIpc) is 2.34. The Hall–Kier alpha value is -1.51. The van der Waals surface area contributed by atoms with Gasteiger partial charge >= 0.3 is 0 Å². The Morgan fingerprint density at radius 3 is 2.28 bits per heavy atom. The first-order chi connectivity index (χ1) is 8.58. The van der Waals surface area contributed by atoms with Crippen LogP contribution in [-0.4, -0.2) is 30.0 Å². The van der Waals surface area contributed by atoms with Crippen LogP contribution < -0.4 is 4.74 Å². The molecule has 0 aliphatic carbocycles. The van der Waals surface area contributed by atoms with Crippen molar-refractivity contribution in [1.82, 2.24) is 4.90 Å². The largest absolute Gasteiger partial charge is 0.490 e. The van der Waals surface area contributed by atoms with Crippen LogP contribution in [0.3, 0.4) is 0 Å². The van der Waals surface area contributed by atoms with Gasteiger partial charge in [-0.05, 0) is 25.0 Å². The number of para-hydroxylation sites is 1. The van der Waals surface area contributed by atoms with Crippen molar-refractivity contribution >= 4 is 5.91 Å². The smallest absolute Gasteiger partial charge is 0.219 e. The van der Waals surface area contributed by atoms with Crippen LogP contribution in [0.4, 0.5) is 0 Å². The molecule has 0 radical (unpaired) electrons. The zero-order chi connectivity index (χ0) is 13.1. The molecule has 1 aliphatic heterocycles. The fraction of sp³-hybridized carbons (Fsp3) is 0.533. The summed E-state index contributed by atoms with van der Waals surface area (Å²) in [4.78, 5) is 13.2. The molecule has 0 atom stereocenters. The van der Waals surface area contributed by atoms with E-state index in [2.05, 4.69) is 32.0 Å². The zero-order valence-corrected chi connectivity index (χ0v) is 11.4. The van der Waals surface area contributed by atoms with Crippen molar-refractivity contribution in [3.8, 4) is 5.75 Å². The van der Waals surface area contributed by atoms with Crippen molar-refractivity contribution in [2.24, 2.45) is 0 Å². The van der Waals surface area contributed by atoms with Gasteiger partial charge in [-0.2, -0.15) is 0 Å². The van der Waals surface area contributed by atoms with E-state index >= 15 is 0 Å². The predicted octanol–water partition coefficient (Wildman–Crippen LogP) is 2.69. The van der Waals surface area contributed by atoms with Crippen LogP contribution in [0.25, 0.3) is 0 Å². The molecule has 1 fully saturated rings. The summed E-state index contributed by atoms with van der Waals surface area (Å²) in [7, 11) is 0. The van der Waals surface area contributed by atoms with Gasteiger partial charge in [-0.3, -0.25) is 4.79 Å². The number of carbonyl (C=O) groups excluding carboxylic acids is 1. The van der Waals surface area contributed by atoms with Crippen molar-refractivity contribution in [1.29, 1.82) is 0 Å². The first-order valence-corrected chi connectivity index (χ1v) is 6.56. The Bertz CT molecular complexity index is 414. The van der Waals surface area contributed by atoms with Crippen LogP contribution >= 0.6 is 0 Å². The van der Waals surface area contributed by atoms with Gasteiger partial charge in [-0.15, -0.1) is 0 Å². The lowest BCUT2D eigenvalue weighted by molar-refractivity contribution is -0.130. The summed E-state index contributed by atoms with van der Waals surface area (Å²) in [6, 6.07) is 6.20. The van der Waals surface area contributed by atoms with Crippen molar-refractivity contribution in [2.45, 2.75) is 39.7 Å². The van der Waals surface area contributed by atoms with Gasteiger partial charge in [0.2, 0.25) is 5.91 Å². The Morgan fingerprint density at radius 2 is 1.78 bits per heavy atom. The number of benzene rings is 1. The molecule has 1 aromatic rings. The first kappa shape index (κ1) is 12.9. The maximum absolute atomic E-state index is 11.3. The van der Waals surface area contributed by atoms with Gasteiger partial charge in [0.1, 0.15) is 11.9 Å². The number of hydrogen-bond donors (Lipinski definition) is 0. The molecule has 0 aromatic heterocycles. The molecule has 1 heterocycles. The van der Waals surface area contributed by atoms with E-state index < -0.39 is 0 Å². The normalized spacial score (nSPS) is 16.7. The summed E-state index contributed by atoms with van der Waals surface area (Å²) in [5, 5.41) is 0. The zero-order valence-electron chi connectivity index (χ0n) is 11.4. The fourth-order valence-electron chi connectivity index (χ4n) is 2.44. The third-order valence-corrected chi connectivity index (χ3v) is 3.58. The number of aryl methyl sites for hydroxylation is 2. The molecular formula is C15H21NO2. The van der Waals surface area contributed by atoms with E-state index in [1.165, 1.54) is 11.1 Å². The molecule has 3 heteroatoms. The second kappa shape index (κ2) is 5.42. The molecule has 3 nitrogen and oxygen atoms in total. The number of nitrogens with zero attached hydrogens (tertiary/aromatic N) is 1. The monoisotopic (exact) mass is 247 g/mol. The number of likely N-dealkylation sites (tertiary alicyclic amines) is 1. The summed E-state index contributed by atoms with van der Waals surface area (Å²) < 4.78 is 6.11. The van der Waals surface area contributed by atoms with Gasteiger partial charge in [0, 0.05) is 32.9 Å². The van der Waals surface area contributed by atoms with Crippen LogP contribution in [0.1, 0.15) is 30.9 Å². The quantitative estimate of drug-likeness (QED) is 0.804. The van der Waals surface area contributed by atoms with Gasteiger partial charge < -0.3 is 9.64 Å². The summed E-state index contributed by atoms with van der Waals surface area (Å²) in [6.07, 6.45) is 2.08. The number of rotatable bonds is 2. The van der Waals surface area contributed by atoms with Crippen molar-refractivity contribution in [3.63, 3.8) is 0 Å². The molecule has 0 bridgehead atoms. The van der Waals surface area contributed by atoms with E-state index in [-0.39, 0.29) is 12.0 Å². The predicted molar refractivity (Wildman–Crippen MR) is 71.8 cm³/mol. The molecule has 0 N–H and O–H groups in total. The molecule has 1 saturated heterocycles. The third-order valence-electron chi connectivity index (χ3n) is 3.58. The Morgan fingerprint density at radius 1 is 1.22 bits per heavy atom. The van der Waals surface area contributed by atoms with Crippen LogP contribution in [0.15, 0.2) is 18.2 Å². The molecule has 98 valence electrons. The van der Waals surface area contributed by atoms with Crippen LogP contribution in [0.2, 0.25) is 0 Å². The van der Waals surface area contributed by atoms with Gasteiger partial charge in [0.15, 0.2) is 0 Å². The highest BCUT2D eigenvalue weighted by Gasteiger charge is 2.22. The Balaban J connectivity index is 1.98. The average molecular weight is 247 g/mol. The molecule has 0 spiro atoms. The minimum atomic E-state index is 0.167. The molecule has 1 aliphatic rings. The highest BCUT2D eigenvalue weighted by molar-refractivity contribution is 5.73. The molecule has 2 rings (SSSR count). The van der Waals surface area contributed by atoms with Gasteiger partial charge in [0.25, 0.3) is 0 Å². The van der Waals surface area contributed by atoms with Gasteiger partial charge in [-0.1, -0.05) is 18.2 Å². The van der Waals surface area contributed by atoms with Crippen molar-refractivity contribution in [2.75, 3.05) is 13.1 Å². The topological polar surface area (TPSA) is 29.5 Å². The standard InChI is InChI=1S/C15H21NO2/c1-11-5-4-6-12(2)15(11)18-14-7-9-16(10-8-14)13(3)17/h4-6,14H,7-10H2,1-3H3. The summed E-state index contributed by atoms with van der Waals surface area (Å²) >= 11 is 0. The highest BCUT2D eigenvalue weighted by Crippen LogP contribution is 2.26. The van der Waals surface area contributed by atoms with Crippen LogP contribution in [0, 0.1) is 13.8 Å². The maximum atomic E-state index is 11.3. The summed E-state index contributed by atoms with van der Waals surface area (Å²) in [5.74, 6) is 1.18. The molecule has 1 amide bonds. The highest BCUT2D eigenvalue weighted by atomic mass is 16.5. The van der Waals surface area contributed by atoms with Gasteiger partial charge in [0.05, 0.1) is 0 Å². The molecule has 0 unspecified atom stereocenters. The molecule has 1 aromatic carbocycles. The number of hydrogen-bond acceptors (Lipinski definition) is 2. The van der Waals surface area contributed by atoms with E-state index in [1.807, 2.05) is 4.90 Å². The van der Waals surface area contributed by atoms with Crippen molar-refractivity contribution in [3.05, 3.63) is 29.3 Å². The second-order valence-electron chi connectivity index (χ2n) is 5.04. The van der Waals surface area contributed by atoms with Crippen LogP contribution in [-0.2, 0) is 4.79 Å². The van der Waals surface area contributed by atoms with Crippen LogP contribution in [0.5, 0.6) is 5.75 Å². The van der Waals surface area contributed by atoms with Gasteiger partial charge in [-0.25, -0.2) is 0 Å². The lowest BCUT2D eigenvalue weighted by Crippen LogP contribution is -2.40. The SMILES string of the molecule is CC(=O)N1CCC(Oc2c(C)cccc2C)CC1. The Kier molecular flexibility index (Phi) is 3.90. The minimum Gasteiger partial charge on any atom is -0.490 e. The van der Waals surface area contributed by atoms with E-state index in [4.69, 9.17) is 4.74 Å². The number of amides is 1. The third kappa shape index (κ3) is 2.84. The Labute approximate surface area is 109 Å². The minimum absolute atomic E-state index is 0.167.